The van der Waals surface area contributed by atoms with Crippen LogP contribution >= 0.6 is 0 Å². The summed E-state index contributed by atoms with van der Waals surface area (Å²) >= 11 is 0. The van der Waals surface area contributed by atoms with Gasteiger partial charge < -0.3 is 10.6 Å². The van der Waals surface area contributed by atoms with Crippen LogP contribution in [0.2, 0.25) is 0 Å². The van der Waals surface area contributed by atoms with Gasteiger partial charge in [0, 0.05) is 0 Å². The lowest BCUT2D eigenvalue weighted by atomic mass is 10.7. The van der Waals surface area contributed by atoms with Crippen LogP contribution < -0.4 is 10.6 Å². The van der Waals surface area contributed by atoms with Crippen molar-refractivity contribution in [1.29, 1.82) is 0 Å². The average molecular weight is 132 g/mol. The van der Waals surface area contributed by atoms with Crippen LogP contribution in [0.15, 0.2) is 0 Å². The van der Waals surface area contributed by atoms with Gasteiger partial charge in [-0.15, -0.1) is 0 Å². The molecule has 58 valence electrons. The van der Waals surface area contributed by atoms with Crippen molar-refractivity contribution < 1.29 is 0 Å². The van der Waals surface area contributed by atoms with E-state index in [1.54, 1.807) is 0 Å². The van der Waals surface area contributed by atoms with Crippen LogP contribution in [0.25, 0.3) is 0 Å². The highest BCUT2D eigenvalue weighted by Gasteiger charge is 1.62. The fraction of sp³-hybridized carbons (Fsp3) is 1.00. The summed E-state index contributed by atoms with van der Waals surface area (Å²) in [6.45, 7) is 9.53. The Morgan fingerprint density at radius 2 is 1.22 bits per heavy atom. The molecular weight excluding hydrogens is 112 g/mol. The average Bonchev–Trinajstić information content (AvgIpc) is 1.91. The molecule has 0 bridgehead atoms. The lowest BCUT2D eigenvalue weighted by Gasteiger charge is -1.86. The minimum atomic E-state index is 1.07. The maximum absolute atomic E-state index is 3.11. The van der Waals surface area contributed by atoms with E-state index in [0.29, 0.717) is 0 Å². The quantitative estimate of drug-likeness (QED) is 0.594. The van der Waals surface area contributed by atoms with E-state index in [2.05, 4.69) is 31.4 Å². The van der Waals surface area contributed by atoms with Gasteiger partial charge in [0.1, 0.15) is 0 Å². The third kappa shape index (κ3) is 32.6. The molecular formula is C7H20N2. The van der Waals surface area contributed by atoms with E-state index >= 15 is 0 Å². The molecule has 0 atom stereocenters. The molecule has 0 heterocycles. The largest absolute Gasteiger partial charge is 0.320 e. The second-order valence-electron chi connectivity index (χ2n) is 1.66. The maximum atomic E-state index is 3.11. The highest BCUT2D eigenvalue weighted by atomic mass is 14.8. The molecule has 0 fully saturated rings. The number of nitrogens with one attached hydrogen (secondary N) is 2. The predicted molar refractivity (Wildman–Crippen MR) is 43.8 cm³/mol. The molecule has 2 heteroatoms. The number of hydrogen-bond acceptors (Lipinski definition) is 2. The smallest absolute Gasteiger partial charge is 0.00775 e. The fourth-order valence-corrected chi connectivity index (χ4v) is 0.250. The van der Waals surface area contributed by atoms with Crippen molar-refractivity contribution in [2.24, 2.45) is 0 Å². The van der Waals surface area contributed by atoms with Crippen molar-refractivity contribution in [2.45, 2.75) is 20.8 Å². The van der Waals surface area contributed by atoms with Gasteiger partial charge in [-0.05, 0) is 26.7 Å². The minimum Gasteiger partial charge on any atom is -0.320 e. The molecule has 0 saturated carbocycles. The Bertz CT molecular complexity index is 26.1. The first-order valence-corrected chi connectivity index (χ1v) is 3.68. The van der Waals surface area contributed by atoms with E-state index in [-0.39, 0.29) is 0 Å². The normalized spacial score (nSPS) is 8.00. The summed E-state index contributed by atoms with van der Waals surface area (Å²) in [4.78, 5) is 0. The first kappa shape index (κ1) is 11.7. The summed E-state index contributed by atoms with van der Waals surface area (Å²) < 4.78 is 0. The van der Waals surface area contributed by atoms with Crippen LogP contribution in [0, 0.1) is 0 Å². The van der Waals surface area contributed by atoms with Crippen molar-refractivity contribution in [2.75, 3.05) is 26.7 Å². The van der Waals surface area contributed by atoms with Gasteiger partial charge in [-0.2, -0.15) is 0 Å². The van der Waals surface area contributed by atoms with Crippen LogP contribution in [-0.4, -0.2) is 26.7 Å². The summed E-state index contributed by atoms with van der Waals surface area (Å²) in [6, 6.07) is 0. The number of hydrogen-bond donors (Lipinski definition) is 2. The van der Waals surface area contributed by atoms with Gasteiger partial charge in [0.2, 0.25) is 0 Å². The Kier molecular flexibility index (Phi) is 20.3. The van der Waals surface area contributed by atoms with Crippen molar-refractivity contribution in [1.82, 2.24) is 10.6 Å². The van der Waals surface area contributed by atoms with Crippen molar-refractivity contribution in [3.8, 4) is 0 Å². The lowest BCUT2D eigenvalue weighted by Crippen LogP contribution is -2.09. The molecule has 0 unspecified atom stereocenters. The summed E-state index contributed by atoms with van der Waals surface area (Å²) in [7, 11) is 1.93. The topological polar surface area (TPSA) is 24.1 Å². The highest BCUT2D eigenvalue weighted by molar-refractivity contribution is 4.27. The third-order valence-electron chi connectivity index (χ3n) is 0.854. The van der Waals surface area contributed by atoms with E-state index in [1.807, 2.05) is 7.05 Å². The molecule has 0 aliphatic rings. The molecule has 0 amide bonds. The first-order chi connectivity index (χ1) is 4.33. The zero-order valence-electron chi connectivity index (χ0n) is 7.12. The lowest BCUT2D eigenvalue weighted by molar-refractivity contribution is 0.762. The third-order valence-corrected chi connectivity index (χ3v) is 0.854. The van der Waals surface area contributed by atoms with Gasteiger partial charge in [-0.3, -0.25) is 0 Å². The van der Waals surface area contributed by atoms with E-state index in [1.165, 1.54) is 0 Å². The van der Waals surface area contributed by atoms with Gasteiger partial charge >= 0.3 is 0 Å². The molecule has 0 aliphatic heterocycles. The summed E-state index contributed by atoms with van der Waals surface area (Å²) in [5.74, 6) is 0. The summed E-state index contributed by atoms with van der Waals surface area (Å²) in [5.41, 5.74) is 0. The van der Waals surface area contributed by atoms with Crippen LogP contribution in [0.3, 0.4) is 0 Å². The van der Waals surface area contributed by atoms with Crippen molar-refractivity contribution in [3.63, 3.8) is 0 Å². The van der Waals surface area contributed by atoms with Gasteiger partial charge in [-0.1, -0.05) is 20.8 Å². The standard InChI is InChI=1S/C4H11N.C3H9N/c1-3-5-4-2;1-3-4-2/h5H,3-4H2,1-2H3;4H,3H2,1-2H3. The van der Waals surface area contributed by atoms with Crippen LogP contribution in [0.1, 0.15) is 20.8 Å². The second kappa shape index (κ2) is 15.7. The van der Waals surface area contributed by atoms with Gasteiger partial charge in [0.15, 0.2) is 0 Å². The van der Waals surface area contributed by atoms with Crippen molar-refractivity contribution in [3.05, 3.63) is 0 Å². The van der Waals surface area contributed by atoms with Crippen LogP contribution in [0.5, 0.6) is 0 Å². The maximum Gasteiger partial charge on any atom is -0.00775 e. The Labute approximate surface area is 59.0 Å². The molecule has 0 spiro atoms. The Balaban J connectivity index is 0. The molecule has 0 aliphatic carbocycles. The van der Waals surface area contributed by atoms with E-state index in [0.717, 1.165) is 19.6 Å². The second-order valence-corrected chi connectivity index (χ2v) is 1.66. The number of rotatable bonds is 3. The molecule has 2 N–H and O–H groups in total. The molecule has 0 aromatic heterocycles. The molecule has 2 nitrogen and oxygen atoms in total. The highest BCUT2D eigenvalue weighted by Crippen LogP contribution is 1.47. The van der Waals surface area contributed by atoms with Gasteiger partial charge in [0.25, 0.3) is 0 Å². The van der Waals surface area contributed by atoms with E-state index < -0.39 is 0 Å². The van der Waals surface area contributed by atoms with Crippen molar-refractivity contribution >= 4 is 0 Å². The Hall–Kier alpha value is -0.0800. The molecule has 0 radical (unpaired) electrons. The molecule has 9 heavy (non-hydrogen) atoms. The summed E-state index contributed by atoms with van der Waals surface area (Å²) in [5, 5.41) is 6.04. The molecule has 0 aromatic carbocycles. The summed E-state index contributed by atoms with van der Waals surface area (Å²) in [6.07, 6.45) is 0. The fourth-order valence-electron chi connectivity index (χ4n) is 0.250. The zero-order chi connectivity index (χ0) is 7.54. The van der Waals surface area contributed by atoms with Crippen LogP contribution in [0.4, 0.5) is 0 Å². The van der Waals surface area contributed by atoms with E-state index in [4.69, 9.17) is 0 Å². The molecule has 0 rings (SSSR count). The van der Waals surface area contributed by atoms with Gasteiger partial charge in [0.05, 0.1) is 0 Å². The minimum absolute atomic E-state index is 1.07. The van der Waals surface area contributed by atoms with Crippen LogP contribution in [-0.2, 0) is 0 Å². The predicted octanol–water partition coefficient (Wildman–Crippen LogP) is 0.841. The first-order valence-electron chi connectivity index (χ1n) is 3.68. The zero-order valence-corrected chi connectivity index (χ0v) is 7.12. The Morgan fingerprint density at radius 1 is 0.889 bits per heavy atom. The Morgan fingerprint density at radius 3 is 1.22 bits per heavy atom. The monoisotopic (exact) mass is 132 g/mol. The van der Waals surface area contributed by atoms with E-state index in [9.17, 15) is 0 Å². The SMILES string of the molecule is CCNC.CCNCC. The van der Waals surface area contributed by atoms with Gasteiger partial charge in [-0.25, -0.2) is 0 Å². The molecule has 0 aromatic rings. The molecule has 0 saturated heterocycles.